The van der Waals surface area contributed by atoms with Crippen molar-refractivity contribution in [3.05, 3.63) is 22.8 Å². The molecule has 1 rings (SSSR count). The van der Waals surface area contributed by atoms with Crippen LogP contribution in [0.3, 0.4) is 0 Å². The molecule has 0 radical (unpaired) electrons. The standard InChI is InChI=1S/C12H18N2O2/c1-7(2)12-13-8(3)10(9(4)14-12)5-6-11(15)16/h7H,5-6H2,1-4H3,(H,15,16). The highest BCUT2D eigenvalue weighted by Gasteiger charge is 2.11. The van der Waals surface area contributed by atoms with Crippen LogP contribution in [0, 0.1) is 13.8 Å². The highest BCUT2D eigenvalue weighted by atomic mass is 16.4. The van der Waals surface area contributed by atoms with Crippen molar-refractivity contribution in [3.8, 4) is 0 Å². The third kappa shape index (κ3) is 3.02. The number of aromatic nitrogens is 2. The highest BCUT2D eigenvalue weighted by Crippen LogP contribution is 2.16. The van der Waals surface area contributed by atoms with Crippen LogP contribution in [-0.4, -0.2) is 21.0 Å². The van der Waals surface area contributed by atoms with Crippen molar-refractivity contribution in [2.75, 3.05) is 0 Å². The molecule has 0 spiro atoms. The smallest absolute Gasteiger partial charge is 0.303 e. The van der Waals surface area contributed by atoms with Gasteiger partial charge in [-0.2, -0.15) is 0 Å². The maximum Gasteiger partial charge on any atom is 0.303 e. The molecule has 1 N–H and O–H groups in total. The summed E-state index contributed by atoms with van der Waals surface area (Å²) < 4.78 is 0. The van der Waals surface area contributed by atoms with Crippen molar-refractivity contribution in [1.29, 1.82) is 0 Å². The molecule has 0 fully saturated rings. The van der Waals surface area contributed by atoms with Gasteiger partial charge in [0.05, 0.1) is 0 Å². The third-order valence-electron chi connectivity index (χ3n) is 2.54. The number of aliphatic carboxylic acids is 1. The van der Waals surface area contributed by atoms with E-state index in [4.69, 9.17) is 5.11 Å². The van der Waals surface area contributed by atoms with E-state index in [0.29, 0.717) is 12.3 Å². The Bertz CT molecular complexity index is 377. The number of hydrogen-bond acceptors (Lipinski definition) is 3. The van der Waals surface area contributed by atoms with Crippen LogP contribution in [0.2, 0.25) is 0 Å². The first kappa shape index (κ1) is 12.6. The molecular formula is C12H18N2O2. The Balaban J connectivity index is 2.98. The zero-order valence-corrected chi connectivity index (χ0v) is 10.2. The van der Waals surface area contributed by atoms with Gasteiger partial charge in [0.1, 0.15) is 5.82 Å². The van der Waals surface area contributed by atoms with E-state index in [2.05, 4.69) is 9.97 Å². The zero-order valence-electron chi connectivity index (χ0n) is 10.2. The van der Waals surface area contributed by atoms with E-state index in [0.717, 1.165) is 22.8 Å². The summed E-state index contributed by atoms with van der Waals surface area (Å²) in [5.41, 5.74) is 2.77. The number of aryl methyl sites for hydroxylation is 2. The van der Waals surface area contributed by atoms with E-state index in [-0.39, 0.29) is 6.42 Å². The van der Waals surface area contributed by atoms with Crippen molar-refractivity contribution in [3.63, 3.8) is 0 Å². The molecule has 88 valence electrons. The fraction of sp³-hybridized carbons (Fsp3) is 0.583. The Morgan fingerprint density at radius 1 is 1.25 bits per heavy atom. The van der Waals surface area contributed by atoms with Crippen LogP contribution in [-0.2, 0) is 11.2 Å². The predicted molar refractivity (Wildman–Crippen MR) is 61.6 cm³/mol. The van der Waals surface area contributed by atoms with E-state index in [1.807, 2.05) is 27.7 Å². The van der Waals surface area contributed by atoms with E-state index in [1.54, 1.807) is 0 Å². The largest absolute Gasteiger partial charge is 0.481 e. The van der Waals surface area contributed by atoms with Crippen molar-refractivity contribution >= 4 is 5.97 Å². The Morgan fingerprint density at radius 2 is 1.75 bits per heavy atom. The fourth-order valence-electron chi connectivity index (χ4n) is 1.62. The number of carbonyl (C=O) groups is 1. The lowest BCUT2D eigenvalue weighted by molar-refractivity contribution is -0.136. The van der Waals surface area contributed by atoms with Gasteiger partial charge in [-0.3, -0.25) is 4.79 Å². The average molecular weight is 222 g/mol. The summed E-state index contributed by atoms with van der Waals surface area (Å²) in [6, 6.07) is 0. The lowest BCUT2D eigenvalue weighted by Crippen LogP contribution is -2.08. The Morgan fingerprint density at radius 3 is 2.12 bits per heavy atom. The first-order valence-electron chi connectivity index (χ1n) is 5.47. The minimum Gasteiger partial charge on any atom is -0.481 e. The SMILES string of the molecule is Cc1nc(C(C)C)nc(C)c1CCC(=O)O. The predicted octanol–water partition coefficient (Wildman–Crippen LogP) is 2.23. The topological polar surface area (TPSA) is 63.1 Å². The summed E-state index contributed by atoms with van der Waals surface area (Å²) in [4.78, 5) is 19.3. The Kier molecular flexibility index (Phi) is 3.99. The number of carboxylic acid groups (broad SMARTS) is 1. The van der Waals surface area contributed by atoms with Gasteiger partial charge >= 0.3 is 5.97 Å². The molecule has 0 atom stereocenters. The maximum absolute atomic E-state index is 10.5. The van der Waals surface area contributed by atoms with Crippen LogP contribution in [0.5, 0.6) is 0 Å². The third-order valence-corrected chi connectivity index (χ3v) is 2.54. The first-order chi connectivity index (χ1) is 7.41. The van der Waals surface area contributed by atoms with Gasteiger partial charge in [0.2, 0.25) is 0 Å². The van der Waals surface area contributed by atoms with Gasteiger partial charge in [-0.15, -0.1) is 0 Å². The van der Waals surface area contributed by atoms with Gasteiger partial charge in [0, 0.05) is 23.7 Å². The molecule has 0 aliphatic carbocycles. The van der Waals surface area contributed by atoms with Crippen LogP contribution in [0.1, 0.15) is 49.0 Å². The summed E-state index contributed by atoms with van der Waals surface area (Å²) in [5.74, 6) is 0.340. The highest BCUT2D eigenvalue weighted by molar-refractivity contribution is 5.67. The first-order valence-corrected chi connectivity index (χ1v) is 5.47. The van der Waals surface area contributed by atoms with Gasteiger partial charge in [-0.25, -0.2) is 9.97 Å². The summed E-state index contributed by atoms with van der Waals surface area (Å²) >= 11 is 0. The second kappa shape index (κ2) is 5.05. The van der Waals surface area contributed by atoms with Crippen molar-refractivity contribution in [1.82, 2.24) is 9.97 Å². The van der Waals surface area contributed by atoms with Crippen LogP contribution in [0.4, 0.5) is 0 Å². The molecule has 0 saturated carbocycles. The van der Waals surface area contributed by atoms with E-state index < -0.39 is 5.97 Å². The van der Waals surface area contributed by atoms with Crippen LogP contribution in [0.15, 0.2) is 0 Å². The van der Waals surface area contributed by atoms with Crippen molar-refractivity contribution in [2.24, 2.45) is 0 Å². The summed E-state index contributed by atoms with van der Waals surface area (Å²) in [5, 5.41) is 8.66. The molecule has 0 aliphatic heterocycles. The maximum atomic E-state index is 10.5. The minimum atomic E-state index is -0.785. The molecule has 4 heteroatoms. The quantitative estimate of drug-likeness (QED) is 0.848. The molecule has 16 heavy (non-hydrogen) atoms. The van der Waals surface area contributed by atoms with E-state index >= 15 is 0 Å². The minimum absolute atomic E-state index is 0.131. The van der Waals surface area contributed by atoms with Crippen LogP contribution >= 0.6 is 0 Å². The van der Waals surface area contributed by atoms with Crippen molar-refractivity contribution in [2.45, 2.75) is 46.5 Å². The molecule has 1 aromatic rings. The Labute approximate surface area is 95.7 Å². The molecule has 0 aromatic carbocycles. The van der Waals surface area contributed by atoms with Gasteiger partial charge in [-0.1, -0.05) is 13.8 Å². The molecular weight excluding hydrogens is 204 g/mol. The second-order valence-corrected chi connectivity index (χ2v) is 4.28. The fourth-order valence-corrected chi connectivity index (χ4v) is 1.62. The lowest BCUT2D eigenvalue weighted by atomic mass is 10.1. The van der Waals surface area contributed by atoms with E-state index in [1.165, 1.54) is 0 Å². The average Bonchev–Trinajstić information content (AvgIpc) is 2.15. The van der Waals surface area contributed by atoms with Crippen molar-refractivity contribution < 1.29 is 9.90 Å². The van der Waals surface area contributed by atoms with Crippen LogP contribution in [0.25, 0.3) is 0 Å². The molecule has 4 nitrogen and oxygen atoms in total. The van der Waals surface area contributed by atoms with Crippen LogP contribution < -0.4 is 0 Å². The molecule has 0 amide bonds. The monoisotopic (exact) mass is 222 g/mol. The molecule has 0 saturated heterocycles. The number of carboxylic acids is 1. The molecule has 1 aromatic heterocycles. The molecule has 1 heterocycles. The normalized spacial score (nSPS) is 10.8. The van der Waals surface area contributed by atoms with Gasteiger partial charge in [-0.05, 0) is 25.8 Å². The number of hydrogen-bond donors (Lipinski definition) is 1. The van der Waals surface area contributed by atoms with Gasteiger partial charge < -0.3 is 5.11 Å². The summed E-state index contributed by atoms with van der Waals surface area (Å²) in [6.45, 7) is 7.92. The summed E-state index contributed by atoms with van der Waals surface area (Å²) in [7, 11) is 0. The molecule has 0 aliphatic rings. The zero-order chi connectivity index (χ0) is 12.3. The molecule has 0 unspecified atom stereocenters. The molecule has 0 bridgehead atoms. The lowest BCUT2D eigenvalue weighted by Gasteiger charge is -2.11. The number of nitrogens with zero attached hydrogens (tertiary/aromatic N) is 2. The van der Waals surface area contributed by atoms with E-state index in [9.17, 15) is 4.79 Å². The van der Waals surface area contributed by atoms with Gasteiger partial charge in [0.15, 0.2) is 0 Å². The second-order valence-electron chi connectivity index (χ2n) is 4.28. The van der Waals surface area contributed by atoms with Gasteiger partial charge in [0.25, 0.3) is 0 Å². The summed E-state index contributed by atoms with van der Waals surface area (Å²) in [6.07, 6.45) is 0.636. The Hall–Kier alpha value is -1.45. The number of rotatable bonds is 4.